The van der Waals surface area contributed by atoms with Gasteiger partial charge in [-0.05, 0) is 84.6 Å². The largest absolute Gasteiger partial charge is 0.332 e. The second-order valence-electron chi connectivity index (χ2n) is 6.32. The number of benzene rings is 2. The van der Waals surface area contributed by atoms with E-state index in [0.717, 1.165) is 27.1 Å². The first-order chi connectivity index (χ1) is 13.3. The molecule has 0 bridgehead atoms. The van der Waals surface area contributed by atoms with Crippen molar-refractivity contribution < 1.29 is 4.79 Å². The van der Waals surface area contributed by atoms with E-state index in [1.807, 2.05) is 44.2 Å². The highest BCUT2D eigenvalue weighted by Crippen LogP contribution is 2.19. The van der Waals surface area contributed by atoms with Gasteiger partial charge in [-0.2, -0.15) is 5.10 Å². The van der Waals surface area contributed by atoms with Crippen molar-refractivity contribution in [3.63, 3.8) is 0 Å². The molecule has 144 valence electrons. The summed E-state index contributed by atoms with van der Waals surface area (Å²) >= 11 is 13.5. The van der Waals surface area contributed by atoms with Crippen molar-refractivity contribution in [2.24, 2.45) is 0 Å². The van der Waals surface area contributed by atoms with Gasteiger partial charge in [-0.15, -0.1) is 0 Å². The van der Waals surface area contributed by atoms with Crippen molar-refractivity contribution in [1.82, 2.24) is 15.5 Å². The van der Waals surface area contributed by atoms with Crippen molar-refractivity contribution in [1.29, 1.82) is 0 Å². The molecule has 8 heteroatoms. The van der Waals surface area contributed by atoms with Crippen molar-refractivity contribution >= 4 is 63.1 Å². The van der Waals surface area contributed by atoms with Gasteiger partial charge in [0.05, 0.1) is 16.3 Å². The molecule has 3 rings (SSSR count). The number of hydrogen-bond acceptors (Lipinski definition) is 3. The number of rotatable bonds is 4. The van der Waals surface area contributed by atoms with Crippen LogP contribution in [0.3, 0.4) is 0 Å². The zero-order valence-corrected chi connectivity index (χ0v) is 19.0. The maximum Gasteiger partial charge on any atom is 0.258 e. The number of hydrogen-bond donors (Lipinski definition) is 3. The highest BCUT2D eigenvalue weighted by atomic mass is 127. The molecule has 0 radical (unpaired) electrons. The molecule has 0 atom stereocenters. The molecule has 0 spiro atoms. The number of aryl methyl sites for hydroxylation is 2. The number of carbonyl (C=O) groups is 1. The number of carbonyl (C=O) groups excluding carboxylic acids is 1. The molecule has 3 N–H and O–H groups in total. The second-order valence-corrected chi connectivity index (χ2v) is 8.38. The van der Waals surface area contributed by atoms with E-state index in [0.29, 0.717) is 10.6 Å². The van der Waals surface area contributed by atoms with Gasteiger partial charge in [0, 0.05) is 26.9 Å². The molecule has 0 saturated heterocycles. The lowest BCUT2D eigenvalue weighted by atomic mass is 10.0. The van der Waals surface area contributed by atoms with E-state index in [4.69, 9.17) is 23.8 Å². The van der Waals surface area contributed by atoms with Crippen LogP contribution in [0, 0.1) is 17.4 Å². The summed E-state index contributed by atoms with van der Waals surface area (Å²) in [6.07, 6.45) is 0.806. The van der Waals surface area contributed by atoms with Crippen molar-refractivity contribution in [3.05, 3.63) is 79.1 Å². The van der Waals surface area contributed by atoms with E-state index in [2.05, 4.69) is 43.4 Å². The van der Waals surface area contributed by atoms with Crippen LogP contribution in [0.2, 0.25) is 5.02 Å². The lowest BCUT2D eigenvalue weighted by Crippen LogP contribution is -2.34. The Labute approximate surface area is 187 Å². The fraction of sp³-hybridized carbons (Fsp3) is 0.150. The minimum Gasteiger partial charge on any atom is -0.332 e. The van der Waals surface area contributed by atoms with Crippen molar-refractivity contribution in [3.8, 4) is 0 Å². The summed E-state index contributed by atoms with van der Waals surface area (Å²) in [6.45, 7) is 4.02. The van der Waals surface area contributed by atoms with E-state index in [-0.39, 0.29) is 11.0 Å². The predicted molar refractivity (Wildman–Crippen MR) is 125 cm³/mol. The minimum atomic E-state index is -0.344. The first-order valence-electron chi connectivity index (χ1n) is 8.50. The Morgan fingerprint density at radius 3 is 2.57 bits per heavy atom. The highest BCUT2D eigenvalue weighted by Gasteiger charge is 2.13. The average molecular weight is 525 g/mol. The molecule has 0 saturated carbocycles. The summed E-state index contributed by atoms with van der Waals surface area (Å²) in [5, 5.41) is 13.5. The minimum absolute atomic E-state index is 0.217. The maximum atomic E-state index is 12.4. The number of nitrogens with zero attached hydrogens (tertiary/aromatic N) is 1. The normalized spacial score (nSPS) is 10.6. The molecule has 0 fully saturated rings. The van der Waals surface area contributed by atoms with Crippen LogP contribution in [-0.2, 0) is 6.42 Å². The summed E-state index contributed by atoms with van der Waals surface area (Å²) in [4.78, 5) is 12.4. The molecule has 0 unspecified atom stereocenters. The van der Waals surface area contributed by atoms with Gasteiger partial charge in [-0.25, -0.2) is 0 Å². The number of anilines is 1. The molecule has 28 heavy (non-hydrogen) atoms. The van der Waals surface area contributed by atoms with Crippen molar-refractivity contribution in [2.45, 2.75) is 20.3 Å². The Kier molecular flexibility index (Phi) is 6.69. The monoisotopic (exact) mass is 524 g/mol. The number of H-pyrrole nitrogens is 1. The van der Waals surface area contributed by atoms with Crippen molar-refractivity contribution in [2.75, 3.05) is 5.32 Å². The fourth-order valence-corrected chi connectivity index (χ4v) is 3.65. The number of nitrogens with one attached hydrogen (secondary N) is 3. The van der Waals surface area contributed by atoms with E-state index in [1.54, 1.807) is 12.1 Å². The summed E-state index contributed by atoms with van der Waals surface area (Å²) < 4.78 is 0.921. The first kappa shape index (κ1) is 20.8. The SMILES string of the molecule is Cc1n[nH]c(C)c1Cc1ccc(NC(=S)NC(=O)c2cc(I)ccc2Cl)cc1. The number of aromatic nitrogens is 2. The standard InChI is InChI=1S/C20H18ClIN4OS/c1-11-16(12(2)26-25-11)9-13-3-6-15(7-4-13)23-20(28)24-19(27)17-10-14(22)5-8-18(17)21/h3-8,10H,9H2,1-2H3,(H,25,26)(H2,23,24,27,28). The van der Waals surface area contributed by atoms with Gasteiger partial charge < -0.3 is 5.32 Å². The van der Waals surface area contributed by atoms with Gasteiger partial charge in [-0.3, -0.25) is 15.2 Å². The van der Waals surface area contributed by atoms with E-state index in [9.17, 15) is 4.79 Å². The topological polar surface area (TPSA) is 69.8 Å². The van der Waals surface area contributed by atoms with Gasteiger partial charge in [0.15, 0.2) is 5.11 Å². The number of thiocarbonyl (C=S) groups is 1. The zero-order chi connectivity index (χ0) is 20.3. The Bertz CT molecular complexity index is 1010. The van der Waals surface area contributed by atoms with Crippen LogP contribution in [0.5, 0.6) is 0 Å². The van der Waals surface area contributed by atoms with E-state index in [1.165, 1.54) is 11.1 Å². The Morgan fingerprint density at radius 2 is 1.93 bits per heavy atom. The summed E-state index contributed by atoms with van der Waals surface area (Å²) in [5.41, 5.74) is 5.65. The lowest BCUT2D eigenvalue weighted by molar-refractivity contribution is 0.0978. The van der Waals surface area contributed by atoms with Crippen LogP contribution in [0.4, 0.5) is 5.69 Å². The molecular weight excluding hydrogens is 507 g/mol. The summed E-state index contributed by atoms with van der Waals surface area (Å²) in [7, 11) is 0. The van der Waals surface area contributed by atoms with Gasteiger partial charge in [0.25, 0.3) is 5.91 Å². The third-order valence-corrected chi connectivity index (χ3v) is 5.48. The molecule has 0 aliphatic heterocycles. The molecule has 5 nitrogen and oxygen atoms in total. The van der Waals surface area contributed by atoms with Crippen LogP contribution in [0.25, 0.3) is 0 Å². The third-order valence-electron chi connectivity index (χ3n) is 4.27. The third kappa shape index (κ3) is 5.09. The van der Waals surface area contributed by atoms with Crippen LogP contribution >= 0.6 is 46.4 Å². The molecule has 0 aliphatic carbocycles. The zero-order valence-electron chi connectivity index (χ0n) is 15.3. The van der Waals surface area contributed by atoms with Gasteiger partial charge in [0.1, 0.15) is 0 Å². The van der Waals surface area contributed by atoms with Crippen LogP contribution in [0.15, 0.2) is 42.5 Å². The van der Waals surface area contributed by atoms with Gasteiger partial charge in [0.2, 0.25) is 0 Å². The quantitative estimate of drug-likeness (QED) is 0.332. The van der Waals surface area contributed by atoms with E-state index < -0.39 is 0 Å². The molecular formula is C20H18ClIN4OS. The Balaban J connectivity index is 1.61. The fourth-order valence-electron chi connectivity index (χ4n) is 2.75. The number of halogens is 2. The van der Waals surface area contributed by atoms with Gasteiger partial charge in [-0.1, -0.05) is 23.7 Å². The van der Waals surface area contributed by atoms with Crippen LogP contribution in [0.1, 0.15) is 32.9 Å². The Hall–Kier alpha value is -1.97. The second kappa shape index (κ2) is 9.02. The molecule has 2 aromatic carbocycles. The maximum absolute atomic E-state index is 12.4. The number of amides is 1. The first-order valence-corrected chi connectivity index (χ1v) is 10.4. The molecule has 3 aromatic rings. The van der Waals surface area contributed by atoms with Crippen LogP contribution in [-0.4, -0.2) is 21.2 Å². The lowest BCUT2D eigenvalue weighted by Gasteiger charge is -2.11. The summed E-state index contributed by atoms with van der Waals surface area (Å²) in [6, 6.07) is 13.1. The average Bonchev–Trinajstić information content (AvgIpc) is 2.97. The predicted octanol–water partition coefficient (Wildman–Crippen LogP) is 5.00. The smallest absolute Gasteiger partial charge is 0.258 e. The number of aromatic amines is 1. The highest BCUT2D eigenvalue weighted by molar-refractivity contribution is 14.1. The molecule has 0 aliphatic rings. The van der Waals surface area contributed by atoms with Gasteiger partial charge >= 0.3 is 0 Å². The molecule has 1 aromatic heterocycles. The summed E-state index contributed by atoms with van der Waals surface area (Å²) in [5.74, 6) is -0.344. The molecule has 1 amide bonds. The Morgan fingerprint density at radius 1 is 1.21 bits per heavy atom. The van der Waals surface area contributed by atoms with E-state index >= 15 is 0 Å². The van der Waals surface area contributed by atoms with Crippen LogP contribution < -0.4 is 10.6 Å². The molecule has 1 heterocycles.